The van der Waals surface area contributed by atoms with E-state index >= 15 is 0 Å². The summed E-state index contributed by atoms with van der Waals surface area (Å²) in [6, 6.07) is 0. The smallest absolute Gasteiger partial charge is 0.0153 e. The lowest BCUT2D eigenvalue weighted by Gasteiger charge is -2.45. The van der Waals surface area contributed by atoms with Gasteiger partial charge < -0.3 is 5.73 Å². The van der Waals surface area contributed by atoms with E-state index in [0.29, 0.717) is 5.54 Å². The molecule has 2 heteroatoms. The van der Waals surface area contributed by atoms with Crippen molar-refractivity contribution in [3.8, 4) is 0 Å². The van der Waals surface area contributed by atoms with Gasteiger partial charge in [0.1, 0.15) is 0 Å². The molecule has 0 aromatic heterocycles. The van der Waals surface area contributed by atoms with Gasteiger partial charge in [-0.25, -0.2) is 0 Å². The molecule has 0 radical (unpaired) electrons. The highest BCUT2D eigenvalue weighted by atomic mass is 15.2. The highest BCUT2D eigenvalue weighted by molar-refractivity contribution is 4.88. The Morgan fingerprint density at radius 3 is 2.69 bits per heavy atom. The van der Waals surface area contributed by atoms with Crippen LogP contribution in [0, 0.1) is 5.92 Å². The first kappa shape index (κ1) is 11.0. The van der Waals surface area contributed by atoms with Crippen molar-refractivity contribution >= 4 is 0 Å². The maximum Gasteiger partial charge on any atom is 0.0153 e. The molecule has 0 saturated carbocycles. The molecule has 0 aliphatic carbocycles. The molecule has 1 unspecified atom stereocenters. The Labute approximate surface area is 82.5 Å². The summed E-state index contributed by atoms with van der Waals surface area (Å²) in [4.78, 5) is 2.61. The van der Waals surface area contributed by atoms with Crippen molar-refractivity contribution in [1.29, 1.82) is 0 Å². The molecule has 2 N–H and O–H groups in total. The molecule has 0 bridgehead atoms. The van der Waals surface area contributed by atoms with Crippen molar-refractivity contribution in [1.82, 2.24) is 4.90 Å². The number of nitrogens with two attached hydrogens (primary N) is 1. The molecule has 1 heterocycles. The van der Waals surface area contributed by atoms with Crippen molar-refractivity contribution in [2.24, 2.45) is 11.7 Å². The van der Waals surface area contributed by atoms with Gasteiger partial charge >= 0.3 is 0 Å². The van der Waals surface area contributed by atoms with Crippen LogP contribution in [0.1, 0.15) is 40.0 Å². The first-order valence-electron chi connectivity index (χ1n) is 5.55. The van der Waals surface area contributed by atoms with Gasteiger partial charge in [0.05, 0.1) is 0 Å². The number of piperidine rings is 1. The highest BCUT2D eigenvalue weighted by Crippen LogP contribution is 2.29. The van der Waals surface area contributed by atoms with Gasteiger partial charge in [0.15, 0.2) is 0 Å². The van der Waals surface area contributed by atoms with Gasteiger partial charge in [0.25, 0.3) is 0 Å². The predicted molar refractivity (Wildman–Crippen MR) is 57.7 cm³/mol. The summed E-state index contributed by atoms with van der Waals surface area (Å²) in [6.07, 6.45) is 3.86. The summed E-state index contributed by atoms with van der Waals surface area (Å²) in [6.45, 7) is 10.3. The molecule has 1 saturated heterocycles. The van der Waals surface area contributed by atoms with E-state index in [0.717, 1.165) is 12.5 Å². The second-order valence-corrected chi connectivity index (χ2v) is 4.90. The minimum atomic E-state index is 0.404. The highest BCUT2D eigenvalue weighted by Gasteiger charge is 2.32. The fourth-order valence-corrected chi connectivity index (χ4v) is 2.22. The molecule has 0 amide bonds. The van der Waals surface area contributed by atoms with Gasteiger partial charge in [0.2, 0.25) is 0 Å². The van der Waals surface area contributed by atoms with E-state index in [1.54, 1.807) is 0 Å². The van der Waals surface area contributed by atoms with Crippen LogP contribution in [0.5, 0.6) is 0 Å². The predicted octanol–water partition coefficient (Wildman–Crippen LogP) is 1.85. The summed E-state index contributed by atoms with van der Waals surface area (Å²) in [5, 5.41) is 0. The zero-order valence-corrected chi connectivity index (χ0v) is 9.34. The molecule has 0 spiro atoms. The monoisotopic (exact) mass is 184 g/mol. The van der Waals surface area contributed by atoms with Gasteiger partial charge in [-0.1, -0.05) is 6.92 Å². The topological polar surface area (TPSA) is 29.3 Å². The Kier molecular flexibility index (Phi) is 3.74. The third-order valence-electron chi connectivity index (χ3n) is 3.33. The van der Waals surface area contributed by atoms with Crippen LogP contribution in [0.3, 0.4) is 0 Å². The Morgan fingerprint density at radius 2 is 2.15 bits per heavy atom. The number of hydrogen-bond donors (Lipinski definition) is 1. The second-order valence-electron chi connectivity index (χ2n) is 4.90. The van der Waals surface area contributed by atoms with E-state index < -0.39 is 0 Å². The van der Waals surface area contributed by atoms with Gasteiger partial charge in [-0.05, 0) is 52.1 Å². The lowest BCUT2D eigenvalue weighted by atomic mass is 9.84. The molecule has 1 aliphatic heterocycles. The third-order valence-corrected chi connectivity index (χ3v) is 3.33. The van der Waals surface area contributed by atoms with Crippen LogP contribution < -0.4 is 5.73 Å². The molecule has 1 rings (SSSR count). The number of hydrogen-bond acceptors (Lipinski definition) is 2. The summed E-state index contributed by atoms with van der Waals surface area (Å²) < 4.78 is 0. The minimum Gasteiger partial charge on any atom is -0.330 e. The van der Waals surface area contributed by atoms with Crippen LogP contribution in [-0.4, -0.2) is 30.1 Å². The number of nitrogens with zero attached hydrogens (tertiary/aromatic N) is 1. The van der Waals surface area contributed by atoms with E-state index in [-0.39, 0.29) is 0 Å². The maximum atomic E-state index is 5.72. The fourth-order valence-electron chi connectivity index (χ4n) is 2.22. The molecule has 0 aromatic carbocycles. The minimum absolute atomic E-state index is 0.404. The average molecular weight is 184 g/mol. The average Bonchev–Trinajstić information content (AvgIpc) is 2.09. The number of rotatable bonds is 3. The fraction of sp³-hybridized carbons (Fsp3) is 1.00. The van der Waals surface area contributed by atoms with Gasteiger partial charge in [-0.3, -0.25) is 4.90 Å². The molecule has 78 valence electrons. The van der Waals surface area contributed by atoms with Crippen molar-refractivity contribution in [2.75, 3.05) is 19.6 Å². The zero-order chi connectivity index (χ0) is 9.90. The van der Waals surface area contributed by atoms with E-state index in [4.69, 9.17) is 5.73 Å². The molecule has 1 fully saturated rings. The van der Waals surface area contributed by atoms with Crippen LogP contribution >= 0.6 is 0 Å². The maximum absolute atomic E-state index is 5.72. The summed E-state index contributed by atoms with van der Waals surface area (Å²) in [5.41, 5.74) is 6.13. The molecule has 2 nitrogen and oxygen atoms in total. The first-order chi connectivity index (χ1) is 6.10. The van der Waals surface area contributed by atoms with Crippen LogP contribution in [0.25, 0.3) is 0 Å². The SMILES string of the molecule is CCCN1CC(CN)CCC1(C)C. The summed E-state index contributed by atoms with van der Waals surface area (Å²) in [7, 11) is 0. The first-order valence-corrected chi connectivity index (χ1v) is 5.55. The van der Waals surface area contributed by atoms with E-state index in [1.165, 1.54) is 32.4 Å². The van der Waals surface area contributed by atoms with Crippen molar-refractivity contribution in [3.05, 3.63) is 0 Å². The molecular formula is C11H24N2. The lowest BCUT2D eigenvalue weighted by molar-refractivity contribution is 0.0478. The molecular weight excluding hydrogens is 160 g/mol. The van der Waals surface area contributed by atoms with E-state index in [9.17, 15) is 0 Å². The summed E-state index contributed by atoms with van der Waals surface area (Å²) >= 11 is 0. The van der Waals surface area contributed by atoms with E-state index in [2.05, 4.69) is 25.7 Å². The van der Waals surface area contributed by atoms with Crippen LogP contribution in [0.2, 0.25) is 0 Å². The summed E-state index contributed by atoms with van der Waals surface area (Å²) in [5.74, 6) is 0.736. The Balaban J connectivity index is 2.52. The lowest BCUT2D eigenvalue weighted by Crippen LogP contribution is -2.51. The van der Waals surface area contributed by atoms with Gasteiger partial charge in [-0.2, -0.15) is 0 Å². The molecule has 13 heavy (non-hydrogen) atoms. The quantitative estimate of drug-likeness (QED) is 0.725. The zero-order valence-electron chi connectivity index (χ0n) is 9.34. The Bertz CT molecular complexity index is 154. The van der Waals surface area contributed by atoms with Crippen LogP contribution in [0.4, 0.5) is 0 Å². The Morgan fingerprint density at radius 1 is 1.46 bits per heavy atom. The normalized spacial score (nSPS) is 29.1. The van der Waals surface area contributed by atoms with Crippen molar-refractivity contribution in [2.45, 2.75) is 45.6 Å². The van der Waals surface area contributed by atoms with Crippen LogP contribution in [-0.2, 0) is 0 Å². The molecule has 0 aromatic rings. The van der Waals surface area contributed by atoms with Crippen LogP contribution in [0.15, 0.2) is 0 Å². The van der Waals surface area contributed by atoms with Crippen molar-refractivity contribution in [3.63, 3.8) is 0 Å². The van der Waals surface area contributed by atoms with Gasteiger partial charge in [0, 0.05) is 12.1 Å². The Hall–Kier alpha value is -0.0800. The third kappa shape index (κ3) is 2.68. The standard InChI is InChI=1S/C11H24N2/c1-4-7-13-9-10(8-12)5-6-11(13,2)3/h10H,4-9,12H2,1-3H3. The molecule has 1 atom stereocenters. The second kappa shape index (κ2) is 4.43. The van der Waals surface area contributed by atoms with Gasteiger partial charge in [-0.15, -0.1) is 0 Å². The molecule has 1 aliphatic rings. The van der Waals surface area contributed by atoms with E-state index in [1.807, 2.05) is 0 Å². The van der Waals surface area contributed by atoms with Crippen molar-refractivity contribution < 1.29 is 0 Å². The largest absolute Gasteiger partial charge is 0.330 e. The number of likely N-dealkylation sites (tertiary alicyclic amines) is 1.